The summed E-state index contributed by atoms with van der Waals surface area (Å²) in [6.45, 7) is 0.632. The molecule has 19 heavy (non-hydrogen) atoms. The van der Waals surface area contributed by atoms with E-state index in [9.17, 15) is 4.79 Å². The van der Waals surface area contributed by atoms with E-state index in [4.69, 9.17) is 5.73 Å². The van der Waals surface area contributed by atoms with Crippen molar-refractivity contribution in [2.45, 2.75) is 19.3 Å². The van der Waals surface area contributed by atoms with Crippen LogP contribution in [-0.2, 0) is 4.79 Å². The lowest BCUT2D eigenvalue weighted by atomic mass is 10.2. The van der Waals surface area contributed by atoms with E-state index >= 15 is 0 Å². The first-order chi connectivity index (χ1) is 9.29. The smallest absolute Gasteiger partial charge is 0.224 e. The van der Waals surface area contributed by atoms with E-state index < -0.39 is 0 Å². The summed E-state index contributed by atoms with van der Waals surface area (Å²) < 4.78 is 0. The van der Waals surface area contributed by atoms with Crippen molar-refractivity contribution in [3.8, 4) is 10.6 Å². The Balaban J connectivity index is 1.97. The van der Waals surface area contributed by atoms with Gasteiger partial charge >= 0.3 is 0 Å². The molecule has 0 unspecified atom stereocenters. The zero-order valence-electron chi connectivity index (χ0n) is 10.6. The van der Waals surface area contributed by atoms with E-state index in [1.165, 1.54) is 0 Å². The fourth-order valence-electron chi connectivity index (χ4n) is 1.75. The summed E-state index contributed by atoms with van der Waals surface area (Å²) in [4.78, 5) is 16.0. The SMILES string of the molecule is NCCCCC(=O)Nc1cccc(-c2nccs2)c1. The molecule has 4 nitrogen and oxygen atoms in total. The lowest BCUT2D eigenvalue weighted by molar-refractivity contribution is -0.116. The van der Waals surface area contributed by atoms with Gasteiger partial charge in [0.05, 0.1) is 0 Å². The third kappa shape index (κ3) is 4.15. The van der Waals surface area contributed by atoms with E-state index in [1.807, 2.05) is 29.6 Å². The first-order valence-corrected chi connectivity index (χ1v) is 7.17. The predicted molar refractivity (Wildman–Crippen MR) is 79.1 cm³/mol. The Morgan fingerprint density at radius 3 is 3.00 bits per heavy atom. The number of nitrogens with one attached hydrogen (secondary N) is 1. The number of unbranched alkanes of at least 4 members (excludes halogenated alkanes) is 1. The van der Waals surface area contributed by atoms with Crippen molar-refractivity contribution in [2.75, 3.05) is 11.9 Å². The summed E-state index contributed by atoms with van der Waals surface area (Å²) in [6.07, 6.45) is 4.00. The number of rotatable bonds is 6. The molecule has 0 aliphatic heterocycles. The van der Waals surface area contributed by atoms with E-state index in [-0.39, 0.29) is 5.91 Å². The molecule has 1 aromatic carbocycles. The molecule has 5 heteroatoms. The fraction of sp³-hybridized carbons (Fsp3) is 0.286. The van der Waals surface area contributed by atoms with Crippen molar-refractivity contribution in [2.24, 2.45) is 5.73 Å². The highest BCUT2D eigenvalue weighted by atomic mass is 32.1. The van der Waals surface area contributed by atoms with Gasteiger partial charge in [-0.15, -0.1) is 11.3 Å². The number of aromatic nitrogens is 1. The van der Waals surface area contributed by atoms with Gasteiger partial charge in [-0.25, -0.2) is 4.98 Å². The standard InChI is InChI=1S/C14H17N3OS/c15-7-2-1-6-13(18)17-12-5-3-4-11(10-12)14-16-8-9-19-14/h3-5,8-10H,1-2,6-7,15H2,(H,17,18). The quantitative estimate of drug-likeness (QED) is 0.796. The molecular weight excluding hydrogens is 258 g/mol. The number of hydrogen-bond donors (Lipinski definition) is 2. The summed E-state index contributed by atoms with van der Waals surface area (Å²) in [5, 5.41) is 5.80. The largest absolute Gasteiger partial charge is 0.330 e. The number of carbonyl (C=O) groups excluding carboxylic acids is 1. The van der Waals surface area contributed by atoms with Crippen molar-refractivity contribution in [3.63, 3.8) is 0 Å². The van der Waals surface area contributed by atoms with Crippen LogP contribution in [0.3, 0.4) is 0 Å². The first-order valence-electron chi connectivity index (χ1n) is 6.29. The molecule has 0 aliphatic rings. The number of nitrogens with zero attached hydrogens (tertiary/aromatic N) is 1. The summed E-state index contributed by atoms with van der Waals surface area (Å²) in [7, 11) is 0. The zero-order chi connectivity index (χ0) is 13.5. The lowest BCUT2D eigenvalue weighted by Gasteiger charge is -2.06. The van der Waals surface area contributed by atoms with Crippen molar-refractivity contribution in [1.82, 2.24) is 4.98 Å². The lowest BCUT2D eigenvalue weighted by Crippen LogP contribution is -2.11. The maximum atomic E-state index is 11.7. The number of anilines is 1. The predicted octanol–water partition coefficient (Wildman–Crippen LogP) is 2.88. The molecule has 0 atom stereocenters. The molecule has 2 aromatic rings. The highest BCUT2D eigenvalue weighted by molar-refractivity contribution is 7.13. The average molecular weight is 275 g/mol. The van der Waals surface area contributed by atoms with E-state index in [2.05, 4.69) is 10.3 Å². The summed E-state index contributed by atoms with van der Waals surface area (Å²) in [5.41, 5.74) is 7.24. The van der Waals surface area contributed by atoms with Crippen LogP contribution in [-0.4, -0.2) is 17.4 Å². The van der Waals surface area contributed by atoms with Crippen LogP contribution in [0.15, 0.2) is 35.8 Å². The third-order valence-electron chi connectivity index (χ3n) is 2.68. The molecule has 1 aromatic heterocycles. The van der Waals surface area contributed by atoms with Crippen LogP contribution in [0, 0.1) is 0 Å². The minimum Gasteiger partial charge on any atom is -0.330 e. The summed E-state index contributed by atoms with van der Waals surface area (Å²) in [6, 6.07) is 7.74. The first kappa shape index (κ1) is 13.7. The van der Waals surface area contributed by atoms with E-state index in [1.54, 1.807) is 17.5 Å². The molecular formula is C14H17N3OS. The number of benzene rings is 1. The maximum absolute atomic E-state index is 11.7. The van der Waals surface area contributed by atoms with Crippen LogP contribution < -0.4 is 11.1 Å². The monoisotopic (exact) mass is 275 g/mol. The van der Waals surface area contributed by atoms with Gasteiger partial charge in [0.1, 0.15) is 5.01 Å². The molecule has 0 saturated heterocycles. The number of thiazole rings is 1. The second-order valence-corrected chi connectivity index (χ2v) is 5.11. The van der Waals surface area contributed by atoms with Gasteiger partial charge in [-0.3, -0.25) is 4.79 Å². The number of hydrogen-bond acceptors (Lipinski definition) is 4. The Morgan fingerprint density at radius 2 is 2.26 bits per heavy atom. The second kappa shape index (κ2) is 7.01. The van der Waals surface area contributed by atoms with Crippen LogP contribution in [0.25, 0.3) is 10.6 Å². The topological polar surface area (TPSA) is 68.0 Å². The van der Waals surface area contributed by atoms with Crippen molar-refractivity contribution < 1.29 is 4.79 Å². The van der Waals surface area contributed by atoms with Crippen LogP contribution in [0.4, 0.5) is 5.69 Å². The van der Waals surface area contributed by atoms with Crippen molar-refractivity contribution in [1.29, 1.82) is 0 Å². The van der Waals surface area contributed by atoms with Crippen molar-refractivity contribution >= 4 is 22.9 Å². The molecule has 100 valence electrons. The number of nitrogens with two attached hydrogens (primary N) is 1. The van der Waals surface area contributed by atoms with Crippen LogP contribution in [0.2, 0.25) is 0 Å². The van der Waals surface area contributed by atoms with Gasteiger partial charge in [0.15, 0.2) is 0 Å². The molecule has 1 amide bonds. The van der Waals surface area contributed by atoms with Gasteiger partial charge in [-0.2, -0.15) is 0 Å². The van der Waals surface area contributed by atoms with Gasteiger partial charge in [-0.1, -0.05) is 12.1 Å². The van der Waals surface area contributed by atoms with Gasteiger partial charge in [-0.05, 0) is 31.5 Å². The Bertz CT molecular complexity index is 525. The van der Waals surface area contributed by atoms with Crippen LogP contribution in [0.1, 0.15) is 19.3 Å². The Morgan fingerprint density at radius 1 is 1.37 bits per heavy atom. The highest BCUT2D eigenvalue weighted by Crippen LogP contribution is 2.24. The van der Waals surface area contributed by atoms with Crippen LogP contribution >= 0.6 is 11.3 Å². The molecule has 0 bridgehead atoms. The molecule has 0 fully saturated rings. The molecule has 0 spiro atoms. The minimum atomic E-state index is 0.0322. The van der Waals surface area contributed by atoms with Gasteiger partial charge in [0.2, 0.25) is 5.91 Å². The van der Waals surface area contributed by atoms with Crippen LogP contribution in [0.5, 0.6) is 0 Å². The third-order valence-corrected chi connectivity index (χ3v) is 3.51. The Kier molecular flexibility index (Phi) is 5.06. The summed E-state index contributed by atoms with van der Waals surface area (Å²) in [5.74, 6) is 0.0322. The summed E-state index contributed by atoms with van der Waals surface area (Å²) >= 11 is 1.58. The normalized spacial score (nSPS) is 10.4. The molecule has 2 rings (SSSR count). The minimum absolute atomic E-state index is 0.0322. The molecule has 0 aliphatic carbocycles. The second-order valence-electron chi connectivity index (χ2n) is 4.21. The number of carbonyl (C=O) groups is 1. The zero-order valence-corrected chi connectivity index (χ0v) is 11.5. The van der Waals surface area contributed by atoms with E-state index in [0.717, 1.165) is 29.1 Å². The highest BCUT2D eigenvalue weighted by Gasteiger charge is 2.04. The fourth-order valence-corrected chi connectivity index (χ4v) is 2.38. The average Bonchev–Trinajstić information content (AvgIpc) is 2.93. The molecule has 1 heterocycles. The molecule has 0 radical (unpaired) electrons. The maximum Gasteiger partial charge on any atom is 0.224 e. The number of amides is 1. The van der Waals surface area contributed by atoms with Gasteiger partial charge in [0.25, 0.3) is 0 Å². The van der Waals surface area contributed by atoms with E-state index in [0.29, 0.717) is 13.0 Å². The molecule has 3 N–H and O–H groups in total. The Hall–Kier alpha value is -1.72. The molecule has 0 saturated carbocycles. The Labute approximate surface area is 116 Å². The van der Waals surface area contributed by atoms with Gasteiger partial charge in [0, 0.05) is 29.2 Å². The van der Waals surface area contributed by atoms with Crippen molar-refractivity contribution in [3.05, 3.63) is 35.8 Å². The van der Waals surface area contributed by atoms with Gasteiger partial charge < -0.3 is 11.1 Å².